The minimum atomic E-state index is -0.192. The van der Waals surface area contributed by atoms with E-state index in [0.717, 1.165) is 23.3 Å². The molecule has 158 valence electrons. The molecule has 0 saturated heterocycles. The third kappa shape index (κ3) is 4.39. The minimum Gasteiger partial charge on any atom is -0.497 e. The van der Waals surface area contributed by atoms with Crippen LogP contribution in [0.2, 0.25) is 5.02 Å². The van der Waals surface area contributed by atoms with E-state index in [4.69, 9.17) is 21.3 Å². The Hall–Kier alpha value is -3.38. The van der Waals surface area contributed by atoms with Crippen molar-refractivity contribution in [2.24, 2.45) is 0 Å². The maximum atomic E-state index is 13.1. The van der Waals surface area contributed by atoms with Gasteiger partial charge in [-0.25, -0.2) is 9.50 Å². The van der Waals surface area contributed by atoms with Gasteiger partial charge in [-0.3, -0.25) is 4.79 Å². The van der Waals surface area contributed by atoms with Gasteiger partial charge in [-0.1, -0.05) is 30.7 Å². The van der Waals surface area contributed by atoms with Crippen molar-refractivity contribution >= 4 is 23.2 Å². The lowest BCUT2D eigenvalue weighted by Crippen LogP contribution is -2.33. The second kappa shape index (κ2) is 8.78. The van der Waals surface area contributed by atoms with Crippen LogP contribution >= 0.6 is 11.6 Å². The Bertz CT molecular complexity index is 1220. The first kappa shape index (κ1) is 20.9. The first-order chi connectivity index (χ1) is 15.0. The lowest BCUT2D eigenvalue weighted by atomic mass is 10.1. The van der Waals surface area contributed by atoms with E-state index >= 15 is 0 Å². The summed E-state index contributed by atoms with van der Waals surface area (Å²) in [6.07, 6.45) is 0.834. The predicted molar refractivity (Wildman–Crippen MR) is 123 cm³/mol. The minimum absolute atomic E-state index is 0.0476. The summed E-state index contributed by atoms with van der Waals surface area (Å²) in [4.78, 5) is 17.8. The second-order valence-electron chi connectivity index (χ2n) is 7.34. The fourth-order valence-corrected chi connectivity index (χ4v) is 3.33. The van der Waals surface area contributed by atoms with Crippen LogP contribution in [0.15, 0.2) is 60.7 Å². The second-order valence-corrected chi connectivity index (χ2v) is 7.78. The molecule has 4 rings (SSSR count). The SMILES string of the molecule is CCC(C)NC(=O)c1cc(-c2ccc(OC)cc2)nc2cc(-c3ccc(Cl)cc3)nn12. The van der Waals surface area contributed by atoms with Gasteiger partial charge in [-0.15, -0.1) is 0 Å². The molecule has 0 bridgehead atoms. The number of carbonyl (C=O) groups excluding carboxylic acids is 1. The molecule has 1 unspecified atom stereocenters. The van der Waals surface area contributed by atoms with Crippen molar-refractivity contribution in [1.29, 1.82) is 0 Å². The fourth-order valence-electron chi connectivity index (χ4n) is 3.21. The number of nitrogens with one attached hydrogen (secondary N) is 1. The number of carbonyl (C=O) groups is 1. The Kier molecular flexibility index (Phi) is 5.91. The molecule has 31 heavy (non-hydrogen) atoms. The number of hydrogen-bond acceptors (Lipinski definition) is 4. The van der Waals surface area contributed by atoms with Crippen LogP contribution in [0.25, 0.3) is 28.2 Å². The van der Waals surface area contributed by atoms with Crippen LogP contribution in [0.1, 0.15) is 30.8 Å². The van der Waals surface area contributed by atoms with Crippen LogP contribution in [0.3, 0.4) is 0 Å². The van der Waals surface area contributed by atoms with Gasteiger partial charge >= 0.3 is 0 Å². The summed E-state index contributed by atoms with van der Waals surface area (Å²) in [7, 11) is 1.63. The zero-order chi connectivity index (χ0) is 22.0. The number of rotatable bonds is 6. The van der Waals surface area contributed by atoms with Crippen molar-refractivity contribution in [3.8, 4) is 28.3 Å². The Morgan fingerprint density at radius 3 is 2.35 bits per heavy atom. The van der Waals surface area contributed by atoms with Crippen molar-refractivity contribution in [1.82, 2.24) is 19.9 Å². The molecule has 1 atom stereocenters. The summed E-state index contributed by atoms with van der Waals surface area (Å²) in [6, 6.07) is 18.7. The maximum absolute atomic E-state index is 13.1. The number of amides is 1. The highest BCUT2D eigenvalue weighted by Gasteiger charge is 2.18. The van der Waals surface area contributed by atoms with Gasteiger partial charge in [0.05, 0.1) is 18.5 Å². The Morgan fingerprint density at radius 2 is 1.71 bits per heavy atom. The zero-order valence-corrected chi connectivity index (χ0v) is 18.3. The highest BCUT2D eigenvalue weighted by molar-refractivity contribution is 6.30. The molecule has 0 aliphatic carbocycles. The first-order valence-electron chi connectivity index (χ1n) is 10.1. The average Bonchev–Trinajstić information content (AvgIpc) is 3.23. The molecular weight excluding hydrogens is 412 g/mol. The smallest absolute Gasteiger partial charge is 0.270 e. The maximum Gasteiger partial charge on any atom is 0.270 e. The summed E-state index contributed by atoms with van der Waals surface area (Å²) >= 11 is 6.02. The molecule has 0 aliphatic rings. The van der Waals surface area contributed by atoms with E-state index in [1.54, 1.807) is 17.7 Å². The number of hydrogen-bond donors (Lipinski definition) is 1. The van der Waals surface area contributed by atoms with E-state index in [1.165, 1.54) is 0 Å². The Labute approximate surface area is 185 Å². The van der Waals surface area contributed by atoms with Crippen molar-refractivity contribution in [3.63, 3.8) is 0 Å². The van der Waals surface area contributed by atoms with Crippen LogP contribution in [0.4, 0.5) is 0 Å². The lowest BCUT2D eigenvalue weighted by Gasteiger charge is -2.13. The molecule has 1 amide bonds. The van der Waals surface area contributed by atoms with E-state index in [1.807, 2.05) is 68.4 Å². The highest BCUT2D eigenvalue weighted by atomic mass is 35.5. The molecule has 0 aliphatic heterocycles. The summed E-state index contributed by atoms with van der Waals surface area (Å²) in [5.74, 6) is 0.566. The third-order valence-electron chi connectivity index (χ3n) is 5.18. The largest absolute Gasteiger partial charge is 0.497 e. The molecule has 4 aromatic rings. The van der Waals surface area contributed by atoms with Crippen LogP contribution < -0.4 is 10.1 Å². The van der Waals surface area contributed by atoms with Gasteiger partial charge < -0.3 is 10.1 Å². The molecule has 7 heteroatoms. The van der Waals surface area contributed by atoms with Gasteiger partial charge in [0.15, 0.2) is 5.65 Å². The van der Waals surface area contributed by atoms with E-state index in [-0.39, 0.29) is 11.9 Å². The average molecular weight is 435 g/mol. The van der Waals surface area contributed by atoms with Crippen molar-refractivity contribution in [3.05, 3.63) is 71.4 Å². The quantitative estimate of drug-likeness (QED) is 0.449. The van der Waals surface area contributed by atoms with E-state index in [2.05, 4.69) is 10.4 Å². The molecule has 2 heterocycles. The Morgan fingerprint density at radius 1 is 1.06 bits per heavy atom. The van der Waals surface area contributed by atoms with Gasteiger partial charge in [-0.05, 0) is 55.8 Å². The van der Waals surface area contributed by atoms with Crippen LogP contribution in [-0.2, 0) is 0 Å². The summed E-state index contributed by atoms with van der Waals surface area (Å²) in [5.41, 5.74) is 4.20. The number of halogens is 1. The number of nitrogens with zero attached hydrogens (tertiary/aromatic N) is 3. The number of methoxy groups -OCH3 is 1. The topological polar surface area (TPSA) is 68.5 Å². The summed E-state index contributed by atoms with van der Waals surface area (Å²) < 4.78 is 6.84. The summed E-state index contributed by atoms with van der Waals surface area (Å²) in [6.45, 7) is 4.01. The zero-order valence-electron chi connectivity index (χ0n) is 17.6. The van der Waals surface area contributed by atoms with E-state index < -0.39 is 0 Å². The predicted octanol–water partition coefficient (Wildman–Crippen LogP) is 5.25. The fraction of sp³-hybridized carbons (Fsp3) is 0.208. The van der Waals surface area contributed by atoms with Gasteiger partial charge in [0.1, 0.15) is 11.4 Å². The van der Waals surface area contributed by atoms with Crippen LogP contribution in [0, 0.1) is 0 Å². The van der Waals surface area contributed by atoms with Crippen LogP contribution in [0.5, 0.6) is 5.75 Å². The molecule has 6 nitrogen and oxygen atoms in total. The molecule has 0 radical (unpaired) electrons. The van der Waals surface area contributed by atoms with E-state index in [0.29, 0.717) is 27.8 Å². The third-order valence-corrected chi connectivity index (χ3v) is 5.43. The van der Waals surface area contributed by atoms with Gasteiger partial charge in [0.2, 0.25) is 0 Å². The van der Waals surface area contributed by atoms with E-state index in [9.17, 15) is 4.79 Å². The molecule has 0 saturated carbocycles. The van der Waals surface area contributed by atoms with Crippen molar-refractivity contribution < 1.29 is 9.53 Å². The molecule has 0 spiro atoms. The molecule has 2 aromatic carbocycles. The summed E-state index contributed by atoms with van der Waals surface area (Å²) in [5, 5.41) is 8.34. The standard InChI is InChI=1S/C24H23ClN4O2/c1-4-15(2)26-24(30)22-13-20(16-7-11-19(31-3)12-8-16)27-23-14-21(28-29(22)23)17-5-9-18(25)10-6-17/h5-15H,4H2,1-3H3,(H,26,30). The van der Waals surface area contributed by atoms with Gasteiger partial charge in [0, 0.05) is 28.3 Å². The normalized spacial score (nSPS) is 12.0. The first-order valence-corrected chi connectivity index (χ1v) is 10.5. The molecule has 2 aromatic heterocycles. The number of aromatic nitrogens is 3. The Balaban J connectivity index is 1.85. The van der Waals surface area contributed by atoms with Gasteiger partial charge in [0.25, 0.3) is 5.91 Å². The van der Waals surface area contributed by atoms with Crippen LogP contribution in [-0.4, -0.2) is 33.7 Å². The molecular formula is C24H23ClN4O2. The molecule has 1 N–H and O–H groups in total. The lowest BCUT2D eigenvalue weighted by molar-refractivity contribution is 0.0931. The number of ether oxygens (including phenoxy) is 1. The highest BCUT2D eigenvalue weighted by Crippen LogP contribution is 2.26. The van der Waals surface area contributed by atoms with Crippen molar-refractivity contribution in [2.45, 2.75) is 26.3 Å². The van der Waals surface area contributed by atoms with Crippen molar-refractivity contribution in [2.75, 3.05) is 7.11 Å². The monoisotopic (exact) mass is 434 g/mol. The number of fused-ring (bicyclic) bond motifs is 1. The number of benzene rings is 2. The van der Waals surface area contributed by atoms with Gasteiger partial charge in [-0.2, -0.15) is 5.10 Å². The molecule has 0 fully saturated rings.